The molecule has 0 unspecified atom stereocenters. The van der Waals surface area contributed by atoms with Gasteiger partial charge in [-0.3, -0.25) is 14.9 Å². The number of aromatic nitrogens is 3. The van der Waals surface area contributed by atoms with E-state index >= 15 is 0 Å². The van der Waals surface area contributed by atoms with Gasteiger partial charge in [-0.15, -0.1) is 22.0 Å². The molecule has 0 aliphatic carbocycles. The molecule has 1 aromatic carbocycles. The first-order valence-electron chi connectivity index (χ1n) is 8.11. The molecule has 0 saturated heterocycles. The highest BCUT2D eigenvalue weighted by Gasteiger charge is 2.21. The van der Waals surface area contributed by atoms with Crippen molar-refractivity contribution in [1.82, 2.24) is 20.1 Å². The number of carbonyl (C=O) groups excluding carboxylic acids is 1. The van der Waals surface area contributed by atoms with Crippen LogP contribution in [0.5, 0.6) is 0 Å². The minimum absolute atomic E-state index is 0.0625. The zero-order valence-corrected chi connectivity index (χ0v) is 14.7. The summed E-state index contributed by atoms with van der Waals surface area (Å²) in [6.07, 6.45) is 6.06. The van der Waals surface area contributed by atoms with E-state index < -0.39 is 10.8 Å². The van der Waals surface area contributed by atoms with Crippen molar-refractivity contribution in [3.63, 3.8) is 0 Å². The molecule has 1 aromatic heterocycles. The zero-order valence-electron chi connectivity index (χ0n) is 13.9. The summed E-state index contributed by atoms with van der Waals surface area (Å²) in [5.41, 5.74) is -0.136. The standard InChI is InChI=1S/C16H19N5O3S/c1-25-11-6-7-13(21(23)24)12(9-11)16(22)17-10-15-19-18-14-5-3-2-4-8-20(14)15/h6-7,9H,2-5,8,10H2,1H3,(H,17,22). The Morgan fingerprint density at radius 2 is 2.20 bits per heavy atom. The van der Waals surface area contributed by atoms with Crippen LogP contribution in [0.4, 0.5) is 5.69 Å². The lowest BCUT2D eigenvalue weighted by molar-refractivity contribution is -0.385. The van der Waals surface area contributed by atoms with E-state index in [1.807, 2.05) is 10.8 Å². The number of nitro benzene ring substituents is 1. The number of nitro groups is 1. The van der Waals surface area contributed by atoms with Crippen molar-refractivity contribution in [1.29, 1.82) is 0 Å². The van der Waals surface area contributed by atoms with Gasteiger partial charge in [0.1, 0.15) is 11.4 Å². The third-order valence-electron chi connectivity index (χ3n) is 4.24. The molecule has 0 radical (unpaired) electrons. The van der Waals surface area contributed by atoms with Crippen LogP contribution in [0.3, 0.4) is 0 Å². The van der Waals surface area contributed by atoms with Crippen LogP contribution in [-0.2, 0) is 19.5 Å². The van der Waals surface area contributed by atoms with Crippen molar-refractivity contribution in [2.75, 3.05) is 6.26 Å². The number of amides is 1. The van der Waals surface area contributed by atoms with Crippen molar-refractivity contribution in [2.24, 2.45) is 0 Å². The van der Waals surface area contributed by atoms with E-state index in [1.54, 1.807) is 12.1 Å². The average molecular weight is 361 g/mol. The second-order valence-electron chi connectivity index (χ2n) is 5.82. The molecule has 25 heavy (non-hydrogen) atoms. The summed E-state index contributed by atoms with van der Waals surface area (Å²) in [6.45, 7) is 1.04. The number of benzene rings is 1. The molecule has 1 aliphatic heterocycles. The molecule has 1 aliphatic rings. The van der Waals surface area contributed by atoms with E-state index in [0.29, 0.717) is 5.82 Å². The van der Waals surface area contributed by atoms with Crippen molar-refractivity contribution < 1.29 is 9.72 Å². The SMILES string of the molecule is CSc1ccc([N+](=O)[O-])c(C(=O)NCc2nnc3n2CCCCC3)c1. The second kappa shape index (κ2) is 7.64. The van der Waals surface area contributed by atoms with Gasteiger partial charge in [0, 0.05) is 23.9 Å². The molecule has 0 fully saturated rings. The Labute approximate surface area is 149 Å². The molecule has 0 saturated carbocycles. The molecular formula is C16H19N5O3S. The molecule has 1 amide bonds. The number of thioether (sulfide) groups is 1. The van der Waals surface area contributed by atoms with Gasteiger partial charge in [0.25, 0.3) is 11.6 Å². The Bertz CT molecular complexity index is 805. The molecule has 1 N–H and O–H groups in total. The molecule has 3 rings (SSSR count). The lowest BCUT2D eigenvalue weighted by Gasteiger charge is -2.09. The monoisotopic (exact) mass is 361 g/mol. The van der Waals surface area contributed by atoms with E-state index in [0.717, 1.165) is 42.9 Å². The first kappa shape index (κ1) is 17.4. The van der Waals surface area contributed by atoms with Crippen molar-refractivity contribution in [3.8, 4) is 0 Å². The molecule has 9 heteroatoms. The van der Waals surface area contributed by atoms with Crippen LogP contribution in [-0.4, -0.2) is 31.9 Å². The normalized spacial score (nSPS) is 13.8. The fourth-order valence-electron chi connectivity index (χ4n) is 2.91. The molecule has 8 nitrogen and oxygen atoms in total. The predicted molar refractivity (Wildman–Crippen MR) is 93.6 cm³/mol. The van der Waals surface area contributed by atoms with E-state index in [-0.39, 0.29) is 17.8 Å². The van der Waals surface area contributed by atoms with Gasteiger partial charge in [0.15, 0.2) is 5.82 Å². The number of hydrogen-bond donors (Lipinski definition) is 1. The second-order valence-corrected chi connectivity index (χ2v) is 6.70. The Morgan fingerprint density at radius 1 is 1.36 bits per heavy atom. The predicted octanol–water partition coefficient (Wildman–Crippen LogP) is 2.56. The number of hydrogen-bond acceptors (Lipinski definition) is 6. The van der Waals surface area contributed by atoms with Crippen LogP contribution in [0.25, 0.3) is 0 Å². The van der Waals surface area contributed by atoms with Crippen LogP contribution in [0.1, 0.15) is 41.3 Å². The minimum atomic E-state index is -0.540. The average Bonchev–Trinajstić information content (AvgIpc) is 2.85. The van der Waals surface area contributed by atoms with Crippen molar-refractivity contribution in [3.05, 3.63) is 45.5 Å². The lowest BCUT2D eigenvalue weighted by atomic mass is 10.1. The van der Waals surface area contributed by atoms with Gasteiger partial charge in [-0.2, -0.15) is 0 Å². The Hall–Kier alpha value is -2.42. The largest absolute Gasteiger partial charge is 0.345 e. The summed E-state index contributed by atoms with van der Waals surface area (Å²) in [5.74, 6) is 1.15. The van der Waals surface area contributed by atoms with Gasteiger partial charge in [-0.1, -0.05) is 6.42 Å². The van der Waals surface area contributed by atoms with Gasteiger partial charge < -0.3 is 9.88 Å². The summed E-state index contributed by atoms with van der Waals surface area (Å²) in [7, 11) is 0. The van der Waals surface area contributed by atoms with E-state index in [2.05, 4.69) is 15.5 Å². The molecule has 132 valence electrons. The summed E-state index contributed by atoms with van der Waals surface area (Å²) >= 11 is 1.43. The molecule has 2 heterocycles. The van der Waals surface area contributed by atoms with Gasteiger partial charge in [0.05, 0.1) is 11.5 Å². The number of aryl methyl sites for hydroxylation is 1. The highest BCUT2D eigenvalue weighted by atomic mass is 32.2. The highest BCUT2D eigenvalue weighted by molar-refractivity contribution is 7.98. The number of carbonyl (C=O) groups is 1. The Kier molecular flexibility index (Phi) is 5.32. The number of nitrogens with zero attached hydrogens (tertiary/aromatic N) is 4. The number of fused-ring (bicyclic) bond motifs is 1. The lowest BCUT2D eigenvalue weighted by Crippen LogP contribution is -2.25. The van der Waals surface area contributed by atoms with Crippen molar-refractivity contribution in [2.45, 2.75) is 43.7 Å². The van der Waals surface area contributed by atoms with E-state index in [1.165, 1.54) is 17.8 Å². The number of nitrogens with one attached hydrogen (secondary N) is 1. The highest BCUT2D eigenvalue weighted by Crippen LogP contribution is 2.25. The maximum absolute atomic E-state index is 12.5. The fourth-order valence-corrected chi connectivity index (χ4v) is 3.35. The molecule has 2 aromatic rings. The van der Waals surface area contributed by atoms with Crippen LogP contribution < -0.4 is 5.32 Å². The summed E-state index contributed by atoms with van der Waals surface area (Å²) in [6, 6.07) is 4.55. The number of rotatable bonds is 5. The molecule has 0 bridgehead atoms. The topological polar surface area (TPSA) is 103 Å². The summed E-state index contributed by atoms with van der Waals surface area (Å²) < 4.78 is 2.04. The van der Waals surface area contributed by atoms with Gasteiger partial charge in [-0.25, -0.2) is 0 Å². The third kappa shape index (κ3) is 3.81. The molecular weight excluding hydrogens is 342 g/mol. The van der Waals surface area contributed by atoms with E-state index in [4.69, 9.17) is 0 Å². The maximum Gasteiger partial charge on any atom is 0.282 e. The minimum Gasteiger partial charge on any atom is -0.345 e. The first-order chi connectivity index (χ1) is 12.1. The molecule has 0 atom stereocenters. The van der Waals surface area contributed by atoms with E-state index in [9.17, 15) is 14.9 Å². The van der Waals surface area contributed by atoms with Gasteiger partial charge in [0.2, 0.25) is 0 Å². The quantitative estimate of drug-likeness (QED) is 0.499. The fraction of sp³-hybridized carbons (Fsp3) is 0.438. The first-order valence-corrected chi connectivity index (χ1v) is 9.34. The Balaban J connectivity index is 1.77. The van der Waals surface area contributed by atoms with Crippen LogP contribution in [0.2, 0.25) is 0 Å². The summed E-state index contributed by atoms with van der Waals surface area (Å²) in [5, 5.41) is 22.3. The van der Waals surface area contributed by atoms with Crippen LogP contribution in [0, 0.1) is 10.1 Å². The van der Waals surface area contributed by atoms with Crippen LogP contribution in [0.15, 0.2) is 23.1 Å². The third-order valence-corrected chi connectivity index (χ3v) is 4.96. The smallest absolute Gasteiger partial charge is 0.282 e. The zero-order chi connectivity index (χ0) is 17.8. The Morgan fingerprint density at radius 3 is 2.96 bits per heavy atom. The van der Waals surface area contributed by atoms with Crippen LogP contribution >= 0.6 is 11.8 Å². The maximum atomic E-state index is 12.5. The van der Waals surface area contributed by atoms with Gasteiger partial charge >= 0.3 is 0 Å². The molecule has 0 spiro atoms. The van der Waals surface area contributed by atoms with Crippen molar-refractivity contribution >= 4 is 23.4 Å². The van der Waals surface area contributed by atoms with Gasteiger partial charge in [-0.05, 0) is 31.2 Å². The summed E-state index contributed by atoms with van der Waals surface area (Å²) in [4.78, 5) is 23.9.